The van der Waals surface area contributed by atoms with Gasteiger partial charge in [-0.1, -0.05) is 12.1 Å². The van der Waals surface area contributed by atoms with E-state index in [4.69, 9.17) is 9.47 Å². The number of aliphatic hydroxyl groups excluding tert-OH is 1. The maximum atomic E-state index is 13.2. The highest BCUT2D eigenvalue weighted by Gasteiger charge is 2.27. The van der Waals surface area contributed by atoms with Crippen LogP contribution in [-0.4, -0.2) is 61.4 Å². The second-order valence-corrected chi connectivity index (χ2v) is 7.18. The molecule has 0 bridgehead atoms. The molecule has 0 spiro atoms. The van der Waals surface area contributed by atoms with E-state index in [2.05, 4.69) is 9.80 Å². The van der Waals surface area contributed by atoms with Crippen molar-refractivity contribution in [3.8, 4) is 11.5 Å². The lowest BCUT2D eigenvalue weighted by Crippen LogP contribution is -2.52. The molecule has 1 heterocycles. The largest absolute Gasteiger partial charge is 0.497 e. The Morgan fingerprint density at radius 3 is 2.50 bits per heavy atom. The Balaban J connectivity index is 1.67. The van der Waals surface area contributed by atoms with Crippen LogP contribution < -0.4 is 9.47 Å². The van der Waals surface area contributed by atoms with Gasteiger partial charge >= 0.3 is 0 Å². The standard InChI is InChI=1S/C22H29FN2O3/c1-27-21-7-8-22(28-2)18(13-21)15-24-10-11-25(20(16-24)9-12-26)14-17-3-5-19(23)6-4-17/h3-8,13,20,26H,9-12,14-16H2,1-2H3. The molecule has 3 rings (SSSR count). The first kappa shape index (κ1) is 20.6. The number of aliphatic hydroxyl groups is 1. The predicted molar refractivity (Wildman–Crippen MR) is 107 cm³/mol. The van der Waals surface area contributed by atoms with Crippen LogP contribution in [0.3, 0.4) is 0 Å². The number of hydrogen-bond acceptors (Lipinski definition) is 5. The van der Waals surface area contributed by atoms with Gasteiger partial charge in [0.2, 0.25) is 0 Å². The van der Waals surface area contributed by atoms with Crippen LogP contribution in [0.5, 0.6) is 11.5 Å². The maximum Gasteiger partial charge on any atom is 0.123 e. The highest BCUT2D eigenvalue weighted by atomic mass is 19.1. The van der Waals surface area contributed by atoms with E-state index < -0.39 is 0 Å². The van der Waals surface area contributed by atoms with Gasteiger partial charge in [0.05, 0.1) is 14.2 Å². The molecule has 1 N–H and O–H groups in total. The highest BCUT2D eigenvalue weighted by Crippen LogP contribution is 2.27. The molecule has 2 aromatic carbocycles. The fourth-order valence-electron chi connectivity index (χ4n) is 3.80. The van der Waals surface area contributed by atoms with Crippen molar-refractivity contribution in [2.45, 2.75) is 25.6 Å². The molecular weight excluding hydrogens is 359 g/mol. The second-order valence-electron chi connectivity index (χ2n) is 7.18. The summed E-state index contributed by atoms with van der Waals surface area (Å²) in [6.45, 7) is 4.37. The molecule has 0 aliphatic carbocycles. The van der Waals surface area contributed by atoms with Crippen LogP contribution in [0.1, 0.15) is 17.5 Å². The normalized spacial score (nSPS) is 18.2. The molecular formula is C22H29FN2O3. The third kappa shape index (κ3) is 5.22. The average Bonchev–Trinajstić information content (AvgIpc) is 2.71. The molecule has 0 aromatic heterocycles. The molecule has 1 unspecified atom stereocenters. The molecule has 0 saturated carbocycles. The van der Waals surface area contributed by atoms with Crippen molar-refractivity contribution < 1.29 is 19.0 Å². The van der Waals surface area contributed by atoms with E-state index >= 15 is 0 Å². The number of methoxy groups -OCH3 is 2. The van der Waals surface area contributed by atoms with Crippen LogP contribution in [-0.2, 0) is 13.1 Å². The first-order valence-electron chi connectivity index (χ1n) is 9.65. The van der Waals surface area contributed by atoms with E-state index in [1.807, 2.05) is 30.3 Å². The lowest BCUT2D eigenvalue weighted by molar-refractivity contribution is 0.0496. The maximum absolute atomic E-state index is 13.2. The van der Waals surface area contributed by atoms with E-state index in [-0.39, 0.29) is 18.5 Å². The molecule has 1 atom stereocenters. The third-order valence-corrected chi connectivity index (χ3v) is 5.33. The van der Waals surface area contributed by atoms with Gasteiger partial charge in [-0.15, -0.1) is 0 Å². The summed E-state index contributed by atoms with van der Waals surface area (Å²) in [7, 11) is 3.34. The Kier molecular flexibility index (Phi) is 7.25. The number of halogens is 1. The molecule has 0 radical (unpaired) electrons. The van der Waals surface area contributed by atoms with E-state index in [1.165, 1.54) is 12.1 Å². The van der Waals surface area contributed by atoms with E-state index in [9.17, 15) is 9.50 Å². The smallest absolute Gasteiger partial charge is 0.123 e. The molecule has 152 valence electrons. The highest BCUT2D eigenvalue weighted by molar-refractivity contribution is 5.40. The van der Waals surface area contributed by atoms with Crippen LogP contribution in [0, 0.1) is 5.82 Å². The first-order valence-corrected chi connectivity index (χ1v) is 9.65. The lowest BCUT2D eigenvalue weighted by atomic mass is 10.1. The fourth-order valence-corrected chi connectivity index (χ4v) is 3.80. The Morgan fingerprint density at radius 1 is 1.04 bits per heavy atom. The van der Waals surface area contributed by atoms with Crippen molar-refractivity contribution in [3.63, 3.8) is 0 Å². The summed E-state index contributed by atoms with van der Waals surface area (Å²) in [6, 6.07) is 12.8. The quantitative estimate of drug-likeness (QED) is 0.753. The topological polar surface area (TPSA) is 45.2 Å². The first-order chi connectivity index (χ1) is 13.6. The summed E-state index contributed by atoms with van der Waals surface area (Å²) in [4.78, 5) is 4.77. The van der Waals surface area contributed by atoms with E-state index in [0.29, 0.717) is 6.42 Å². The lowest BCUT2D eigenvalue weighted by Gasteiger charge is -2.41. The van der Waals surface area contributed by atoms with Crippen LogP contribution in [0.15, 0.2) is 42.5 Å². The number of hydrogen-bond donors (Lipinski definition) is 1. The average molecular weight is 388 g/mol. The number of benzene rings is 2. The van der Waals surface area contributed by atoms with Crippen LogP contribution >= 0.6 is 0 Å². The van der Waals surface area contributed by atoms with Crippen molar-refractivity contribution in [3.05, 3.63) is 59.4 Å². The van der Waals surface area contributed by atoms with Crippen molar-refractivity contribution >= 4 is 0 Å². The van der Waals surface area contributed by atoms with Gasteiger partial charge in [0.15, 0.2) is 0 Å². The predicted octanol–water partition coefficient (Wildman–Crippen LogP) is 2.91. The summed E-state index contributed by atoms with van der Waals surface area (Å²) >= 11 is 0. The summed E-state index contributed by atoms with van der Waals surface area (Å²) in [5.74, 6) is 1.46. The monoisotopic (exact) mass is 388 g/mol. The van der Waals surface area contributed by atoms with Gasteiger partial charge in [0, 0.05) is 50.9 Å². The zero-order valence-electron chi connectivity index (χ0n) is 16.6. The van der Waals surface area contributed by atoms with Gasteiger partial charge in [0.1, 0.15) is 17.3 Å². The number of nitrogens with zero attached hydrogens (tertiary/aromatic N) is 2. The Labute approximate surface area is 166 Å². The molecule has 0 amide bonds. The van der Waals surface area contributed by atoms with Crippen molar-refractivity contribution in [1.82, 2.24) is 9.80 Å². The number of rotatable bonds is 8. The summed E-state index contributed by atoms with van der Waals surface area (Å²) in [5.41, 5.74) is 2.18. The van der Waals surface area contributed by atoms with Gasteiger partial charge in [-0.25, -0.2) is 4.39 Å². The minimum atomic E-state index is -0.215. The molecule has 1 saturated heterocycles. The zero-order chi connectivity index (χ0) is 19.9. The van der Waals surface area contributed by atoms with E-state index in [0.717, 1.165) is 55.3 Å². The van der Waals surface area contributed by atoms with Gasteiger partial charge in [-0.2, -0.15) is 0 Å². The van der Waals surface area contributed by atoms with Crippen molar-refractivity contribution in [1.29, 1.82) is 0 Å². The van der Waals surface area contributed by atoms with Crippen LogP contribution in [0.2, 0.25) is 0 Å². The van der Waals surface area contributed by atoms with Gasteiger partial charge in [-0.3, -0.25) is 9.80 Å². The molecule has 1 fully saturated rings. The minimum absolute atomic E-state index is 0.154. The Hall–Kier alpha value is -2.15. The molecule has 5 nitrogen and oxygen atoms in total. The van der Waals surface area contributed by atoms with Crippen molar-refractivity contribution in [2.24, 2.45) is 0 Å². The SMILES string of the molecule is COc1ccc(OC)c(CN2CCN(Cc3ccc(F)cc3)C(CCO)C2)c1. The molecule has 6 heteroatoms. The van der Waals surface area contributed by atoms with Gasteiger partial charge < -0.3 is 14.6 Å². The van der Waals surface area contributed by atoms with Crippen LogP contribution in [0.4, 0.5) is 4.39 Å². The van der Waals surface area contributed by atoms with Gasteiger partial charge in [-0.05, 0) is 42.3 Å². The summed E-state index contributed by atoms with van der Waals surface area (Å²) in [6.07, 6.45) is 0.715. The van der Waals surface area contributed by atoms with Crippen LogP contribution in [0.25, 0.3) is 0 Å². The molecule has 1 aliphatic rings. The van der Waals surface area contributed by atoms with Gasteiger partial charge in [0.25, 0.3) is 0 Å². The van der Waals surface area contributed by atoms with Crippen molar-refractivity contribution in [2.75, 3.05) is 40.5 Å². The number of ether oxygens (including phenoxy) is 2. The summed E-state index contributed by atoms with van der Waals surface area (Å²) in [5, 5.41) is 9.53. The Bertz CT molecular complexity index is 754. The number of piperazine rings is 1. The second kappa shape index (κ2) is 9.87. The Morgan fingerprint density at radius 2 is 1.82 bits per heavy atom. The molecule has 1 aliphatic heterocycles. The fraction of sp³-hybridized carbons (Fsp3) is 0.455. The third-order valence-electron chi connectivity index (χ3n) is 5.33. The minimum Gasteiger partial charge on any atom is -0.497 e. The molecule has 2 aromatic rings. The van der Waals surface area contributed by atoms with E-state index in [1.54, 1.807) is 14.2 Å². The summed E-state index contributed by atoms with van der Waals surface area (Å²) < 4.78 is 24.0. The zero-order valence-corrected chi connectivity index (χ0v) is 16.6. The molecule has 28 heavy (non-hydrogen) atoms.